The first-order chi connectivity index (χ1) is 6.93. The van der Waals surface area contributed by atoms with Crippen molar-refractivity contribution in [1.29, 1.82) is 0 Å². The third kappa shape index (κ3) is 3.02. The molecule has 1 N–H and O–H groups in total. The van der Waals surface area contributed by atoms with E-state index in [9.17, 15) is 9.50 Å². The van der Waals surface area contributed by atoms with Gasteiger partial charge in [-0.1, -0.05) is 36.7 Å². The second-order valence-corrected chi connectivity index (χ2v) is 5.10. The van der Waals surface area contributed by atoms with Crippen molar-refractivity contribution in [1.82, 2.24) is 0 Å². The van der Waals surface area contributed by atoms with E-state index >= 15 is 0 Å². The topological polar surface area (TPSA) is 20.2 Å². The van der Waals surface area contributed by atoms with E-state index in [0.717, 1.165) is 4.47 Å². The molecule has 0 aromatic heterocycles. The van der Waals surface area contributed by atoms with Gasteiger partial charge in [0, 0.05) is 10.4 Å². The maximum atomic E-state index is 13.5. The zero-order valence-corrected chi connectivity index (χ0v) is 10.8. The van der Waals surface area contributed by atoms with Crippen LogP contribution in [0, 0.1) is 11.7 Å². The van der Waals surface area contributed by atoms with Crippen LogP contribution in [0.1, 0.15) is 32.3 Å². The van der Waals surface area contributed by atoms with Gasteiger partial charge in [-0.2, -0.15) is 0 Å². The number of benzene rings is 1. The fraction of sp³-hybridized carbons (Fsp3) is 0.500. The molecule has 0 saturated heterocycles. The zero-order valence-electron chi connectivity index (χ0n) is 9.17. The van der Waals surface area contributed by atoms with Gasteiger partial charge in [0.1, 0.15) is 5.82 Å². The van der Waals surface area contributed by atoms with E-state index in [0.29, 0.717) is 5.56 Å². The van der Waals surface area contributed by atoms with Crippen LogP contribution in [0.4, 0.5) is 4.39 Å². The smallest absolute Gasteiger partial charge is 0.126 e. The Morgan fingerprint density at radius 2 is 1.87 bits per heavy atom. The van der Waals surface area contributed by atoms with E-state index in [2.05, 4.69) is 15.9 Å². The Balaban J connectivity index is 2.99. The Morgan fingerprint density at radius 3 is 2.40 bits per heavy atom. The first kappa shape index (κ1) is 12.7. The minimum absolute atomic E-state index is 0.124. The molecule has 0 fully saturated rings. The molecule has 0 aliphatic carbocycles. The summed E-state index contributed by atoms with van der Waals surface area (Å²) in [5.41, 5.74) is 0.561. The quantitative estimate of drug-likeness (QED) is 0.891. The molecule has 0 saturated carbocycles. The lowest BCUT2D eigenvalue weighted by Crippen LogP contribution is -2.22. The van der Waals surface area contributed by atoms with Gasteiger partial charge < -0.3 is 5.11 Å². The fourth-order valence-electron chi connectivity index (χ4n) is 1.62. The molecular weight excluding hydrogens is 259 g/mol. The molecule has 0 heterocycles. The lowest BCUT2D eigenvalue weighted by atomic mass is 9.89. The average Bonchev–Trinajstić information content (AvgIpc) is 2.19. The summed E-state index contributed by atoms with van der Waals surface area (Å²) in [7, 11) is 0. The van der Waals surface area contributed by atoms with Crippen molar-refractivity contribution in [3.63, 3.8) is 0 Å². The Bertz CT molecular complexity index is 338. The van der Waals surface area contributed by atoms with Crippen LogP contribution in [-0.2, 0) is 0 Å². The fourth-order valence-corrected chi connectivity index (χ4v) is 2.00. The maximum absolute atomic E-state index is 13.5. The largest absolute Gasteiger partial charge is 0.392 e. The summed E-state index contributed by atoms with van der Waals surface area (Å²) >= 11 is 3.30. The molecule has 15 heavy (non-hydrogen) atoms. The van der Waals surface area contributed by atoms with E-state index in [-0.39, 0.29) is 17.7 Å². The molecule has 84 valence electrons. The van der Waals surface area contributed by atoms with Crippen molar-refractivity contribution in [3.8, 4) is 0 Å². The molecular formula is C12H16BrFO. The van der Waals surface area contributed by atoms with Crippen LogP contribution in [-0.4, -0.2) is 11.2 Å². The molecule has 1 aromatic carbocycles. The third-order valence-electron chi connectivity index (χ3n) is 2.64. The van der Waals surface area contributed by atoms with Crippen molar-refractivity contribution in [2.45, 2.75) is 32.8 Å². The van der Waals surface area contributed by atoms with Crippen LogP contribution in [0.3, 0.4) is 0 Å². The Labute approximate surface area is 98.4 Å². The second kappa shape index (κ2) is 5.08. The minimum Gasteiger partial charge on any atom is -0.392 e. The maximum Gasteiger partial charge on any atom is 0.126 e. The Hall–Kier alpha value is -0.410. The van der Waals surface area contributed by atoms with E-state index in [1.54, 1.807) is 12.1 Å². The van der Waals surface area contributed by atoms with Crippen molar-refractivity contribution >= 4 is 15.9 Å². The number of aliphatic hydroxyl groups is 1. The molecule has 1 nitrogen and oxygen atoms in total. The molecule has 0 radical (unpaired) electrons. The first-order valence-electron chi connectivity index (χ1n) is 5.06. The van der Waals surface area contributed by atoms with Crippen LogP contribution in [0.25, 0.3) is 0 Å². The van der Waals surface area contributed by atoms with Gasteiger partial charge in [0.25, 0.3) is 0 Å². The molecule has 0 aliphatic rings. The molecule has 0 aliphatic heterocycles. The average molecular weight is 275 g/mol. The highest BCUT2D eigenvalue weighted by Gasteiger charge is 2.22. The molecule has 0 bridgehead atoms. The van der Waals surface area contributed by atoms with Crippen molar-refractivity contribution in [3.05, 3.63) is 34.1 Å². The van der Waals surface area contributed by atoms with E-state index in [1.165, 1.54) is 6.07 Å². The predicted molar refractivity (Wildman–Crippen MR) is 63.4 cm³/mol. The van der Waals surface area contributed by atoms with Gasteiger partial charge in [0.15, 0.2) is 0 Å². The monoisotopic (exact) mass is 274 g/mol. The van der Waals surface area contributed by atoms with E-state index in [1.807, 2.05) is 20.8 Å². The summed E-state index contributed by atoms with van der Waals surface area (Å²) in [6.07, 6.45) is -0.520. The van der Waals surface area contributed by atoms with Gasteiger partial charge >= 0.3 is 0 Å². The van der Waals surface area contributed by atoms with Crippen LogP contribution < -0.4 is 0 Å². The molecule has 0 spiro atoms. The summed E-state index contributed by atoms with van der Waals surface area (Å²) in [5.74, 6) is -0.328. The summed E-state index contributed by atoms with van der Waals surface area (Å²) < 4.78 is 14.3. The lowest BCUT2D eigenvalue weighted by Gasteiger charge is -2.23. The van der Waals surface area contributed by atoms with Crippen LogP contribution in [0.5, 0.6) is 0 Å². The van der Waals surface area contributed by atoms with Crippen LogP contribution in [0.2, 0.25) is 0 Å². The third-order valence-corrected chi connectivity index (χ3v) is 3.14. The van der Waals surface area contributed by atoms with Crippen molar-refractivity contribution in [2.24, 2.45) is 5.92 Å². The van der Waals surface area contributed by atoms with Gasteiger partial charge in [-0.15, -0.1) is 0 Å². The SMILES string of the molecule is CC(C)C(O)C(C)c1cc(Br)ccc1F. The Kier molecular flexibility index (Phi) is 4.29. The van der Waals surface area contributed by atoms with Crippen LogP contribution in [0.15, 0.2) is 22.7 Å². The molecule has 3 heteroatoms. The predicted octanol–water partition coefficient (Wildman–Crippen LogP) is 3.71. The van der Waals surface area contributed by atoms with Crippen LogP contribution >= 0.6 is 15.9 Å². The number of hydrogen-bond acceptors (Lipinski definition) is 1. The summed E-state index contributed by atoms with van der Waals surface area (Å²) in [6, 6.07) is 4.81. The molecule has 2 unspecified atom stereocenters. The zero-order chi connectivity index (χ0) is 11.6. The van der Waals surface area contributed by atoms with Gasteiger partial charge in [-0.05, 0) is 29.7 Å². The summed E-state index contributed by atoms with van der Waals surface area (Å²) in [6.45, 7) is 5.70. The Morgan fingerprint density at radius 1 is 1.27 bits per heavy atom. The number of halogens is 2. The standard InChI is InChI=1S/C12H16BrFO/c1-7(2)12(15)8(3)10-6-9(13)4-5-11(10)14/h4-8,12,15H,1-3H3. The number of rotatable bonds is 3. The van der Waals surface area contributed by atoms with Gasteiger partial charge in [-0.25, -0.2) is 4.39 Å². The number of aliphatic hydroxyl groups excluding tert-OH is 1. The molecule has 1 aromatic rings. The second-order valence-electron chi connectivity index (χ2n) is 4.19. The molecule has 0 amide bonds. The van der Waals surface area contributed by atoms with Gasteiger partial charge in [0.2, 0.25) is 0 Å². The highest BCUT2D eigenvalue weighted by Crippen LogP contribution is 2.28. The van der Waals surface area contributed by atoms with E-state index < -0.39 is 6.10 Å². The molecule has 2 atom stereocenters. The van der Waals surface area contributed by atoms with Crippen molar-refractivity contribution < 1.29 is 9.50 Å². The normalized spacial score (nSPS) is 15.4. The van der Waals surface area contributed by atoms with Gasteiger partial charge in [-0.3, -0.25) is 0 Å². The van der Waals surface area contributed by atoms with Gasteiger partial charge in [0.05, 0.1) is 6.10 Å². The minimum atomic E-state index is -0.520. The summed E-state index contributed by atoms with van der Waals surface area (Å²) in [5, 5.41) is 9.88. The highest BCUT2D eigenvalue weighted by atomic mass is 79.9. The molecule has 1 rings (SSSR count). The van der Waals surface area contributed by atoms with E-state index in [4.69, 9.17) is 0 Å². The van der Waals surface area contributed by atoms with Crippen molar-refractivity contribution in [2.75, 3.05) is 0 Å². The first-order valence-corrected chi connectivity index (χ1v) is 5.85. The summed E-state index contributed by atoms with van der Waals surface area (Å²) in [4.78, 5) is 0. The number of hydrogen-bond donors (Lipinski definition) is 1. The highest BCUT2D eigenvalue weighted by molar-refractivity contribution is 9.10. The lowest BCUT2D eigenvalue weighted by molar-refractivity contribution is 0.101.